The van der Waals surface area contributed by atoms with Gasteiger partial charge in [-0.2, -0.15) is 0 Å². The van der Waals surface area contributed by atoms with Gasteiger partial charge in [0.2, 0.25) is 0 Å². The molecule has 4 nitrogen and oxygen atoms in total. The maximum Gasteiger partial charge on any atom is 0.166 e. The number of para-hydroxylation sites is 2. The molecule has 0 bridgehead atoms. The number of fused-ring (bicyclic) bond motifs is 6. The van der Waals surface area contributed by atoms with Crippen LogP contribution in [0.5, 0.6) is 0 Å². The van der Waals surface area contributed by atoms with Crippen LogP contribution in [0.1, 0.15) is 19.2 Å². The quantitative estimate of drug-likeness (QED) is 0.183. The van der Waals surface area contributed by atoms with E-state index in [0.29, 0.717) is 11.1 Å². The highest BCUT2D eigenvalue weighted by Gasteiger charge is 2.21. The second-order valence-electron chi connectivity index (χ2n) is 11.3. The minimum Gasteiger partial charge on any atom is -0.309 e. The first kappa shape index (κ1) is 17.8. The molecule has 0 radical (unpaired) electrons. The Morgan fingerprint density at radius 3 is 1.70 bits per heavy atom. The van der Waals surface area contributed by atoms with Crippen LogP contribution in [0.25, 0.3) is 93.0 Å². The Bertz CT molecular complexity index is 3540. The van der Waals surface area contributed by atoms with Gasteiger partial charge >= 0.3 is 0 Å². The first-order valence-corrected chi connectivity index (χ1v) is 16.4. The van der Waals surface area contributed by atoms with Gasteiger partial charge in [-0.05, 0) is 41.3 Å². The van der Waals surface area contributed by atoms with Crippen molar-refractivity contribution in [1.29, 1.82) is 0 Å². The monoisotopic (exact) mass is 670 g/mol. The first-order chi connectivity index (χ1) is 30.6. The van der Waals surface area contributed by atoms with Crippen LogP contribution in [0.4, 0.5) is 0 Å². The van der Waals surface area contributed by atoms with Gasteiger partial charge in [-0.25, -0.2) is 15.0 Å². The van der Waals surface area contributed by atoms with Crippen LogP contribution < -0.4 is 0 Å². The van der Waals surface area contributed by atoms with E-state index < -0.39 is 30.2 Å². The molecule has 0 saturated carbocycles. The third-order valence-electron chi connectivity index (χ3n) is 8.38. The van der Waals surface area contributed by atoms with Gasteiger partial charge in [0, 0.05) is 47.6 Å². The molecule has 0 N–H and O–H groups in total. The number of rotatable bonds is 5. The normalized spacial score (nSPS) is 15.5. The lowest BCUT2D eigenvalue weighted by Crippen LogP contribution is -2.04. The topological polar surface area (TPSA) is 43.6 Å². The van der Waals surface area contributed by atoms with Crippen LogP contribution in [0, 0.1) is 0 Å². The van der Waals surface area contributed by atoms with Gasteiger partial charge in [-0.1, -0.05) is 139 Å². The number of nitrogens with zero attached hydrogens (tertiary/aromatic N) is 4. The summed E-state index contributed by atoms with van der Waals surface area (Å²) in [4.78, 5) is 14.6. The maximum atomic E-state index is 10.2. The highest BCUT2D eigenvalue weighted by atomic mass is 32.1. The van der Waals surface area contributed by atoms with E-state index in [-0.39, 0.29) is 136 Å². The fourth-order valence-corrected chi connectivity index (χ4v) is 7.23. The molecular formula is C45H28N4S. The molecule has 3 heterocycles. The van der Waals surface area contributed by atoms with Crippen LogP contribution in [0.15, 0.2) is 170 Å². The van der Waals surface area contributed by atoms with Crippen LogP contribution in [-0.2, 0) is 0 Å². The molecule has 0 amide bonds. The third-order valence-corrected chi connectivity index (χ3v) is 9.53. The first-order valence-electron chi connectivity index (χ1n) is 22.6. The molecule has 10 aromatic rings. The Labute approximate surface area is 312 Å². The smallest absolute Gasteiger partial charge is 0.166 e. The highest BCUT2D eigenvalue weighted by molar-refractivity contribution is 7.26. The Hall–Kier alpha value is -6.43. The number of hydrogen-bond acceptors (Lipinski definition) is 4. The SMILES string of the molecule is [2H]c1cc([2H])c2sc3c(-c4c([2H])c([2H])c(-n5c6c([2H])cc([2H])c([2H])c6c6c([2H])c([2H])cc([2H])c65)c(-c5nc(-c6ccccc6)nc(-c6ccccc6)n5)c4[2H])cc([2H])c([2H])c3c2c1[2H]. The van der Waals surface area contributed by atoms with Crippen molar-refractivity contribution < 1.29 is 19.2 Å². The predicted molar refractivity (Wildman–Crippen MR) is 209 cm³/mol. The summed E-state index contributed by atoms with van der Waals surface area (Å²) in [5.74, 6) is 0.148. The molecule has 50 heavy (non-hydrogen) atoms. The molecule has 0 spiro atoms. The van der Waals surface area contributed by atoms with Crippen molar-refractivity contribution >= 4 is 53.3 Å². The fourth-order valence-electron chi connectivity index (χ4n) is 6.12. The van der Waals surface area contributed by atoms with Crippen molar-refractivity contribution in [3.63, 3.8) is 0 Å². The van der Waals surface area contributed by atoms with Crippen molar-refractivity contribution in [2.75, 3.05) is 0 Å². The molecule has 0 aliphatic carbocycles. The molecule has 234 valence electrons. The van der Waals surface area contributed by atoms with Gasteiger partial charge < -0.3 is 4.57 Å². The zero-order chi connectivity index (χ0) is 45.2. The summed E-state index contributed by atoms with van der Waals surface area (Å²) in [6.45, 7) is 0. The summed E-state index contributed by atoms with van der Waals surface area (Å²) in [7, 11) is 0. The van der Waals surface area contributed by atoms with Crippen LogP contribution in [0.2, 0.25) is 0 Å². The van der Waals surface area contributed by atoms with Crippen molar-refractivity contribution in [1.82, 2.24) is 19.5 Å². The summed E-state index contributed by atoms with van der Waals surface area (Å²) >= 11 is 1.00. The van der Waals surface area contributed by atoms with Crippen LogP contribution in [-0.4, -0.2) is 19.5 Å². The molecule has 3 aromatic heterocycles. The Balaban J connectivity index is 1.44. The average molecular weight is 671 g/mol. The van der Waals surface area contributed by atoms with Crippen LogP contribution in [0.3, 0.4) is 0 Å². The molecule has 0 aliphatic heterocycles. The van der Waals surface area contributed by atoms with Gasteiger partial charge in [0.15, 0.2) is 17.5 Å². The fraction of sp³-hybridized carbons (Fsp3) is 0. The molecule has 0 fully saturated rings. The molecule has 5 heteroatoms. The molecule has 0 unspecified atom stereocenters. The maximum absolute atomic E-state index is 10.2. The lowest BCUT2D eigenvalue weighted by Gasteiger charge is -2.16. The average Bonchev–Trinajstić information content (AvgIpc) is 3.87. The van der Waals surface area contributed by atoms with Gasteiger partial charge in [-0.15, -0.1) is 11.3 Å². The van der Waals surface area contributed by atoms with E-state index in [0.717, 1.165) is 23.5 Å². The van der Waals surface area contributed by atoms with E-state index >= 15 is 0 Å². The number of aromatic nitrogens is 4. The predicted octanol–water partition coefficient (Wildman–Crippen LogP) is 12.0. The van der Waals surface area contributed by atoms with Gasteiger partial charge in [0.25, 0.3) is 0 Å². The number of thiophene rings is 1. The standard InChI is InChI=1S/C45H28N4S/c1-3-14-29(15-4-1)43-46-44(30-16-5-2-6-17-30)48-45(47-43)37-28-31(32-21-13-22-36-35-20-9-12-25-41(35)50-42(32)36)26-27-40(37)49-38-23-10-7-18-33(38)34-19-8-11-24-39(34)49/h1-28H/i7D,8D,9D,13D,18D,19D,20D,22D,23D,24D,25D,26D,27D,28D. The number of benzene rings is 7. The second-order valence-corrected chi connectivity index (χ2v) is 12.3. The van der Waals surface area contributed by atoms with Crippen molar-refractivity contribution in [3.05, 3.63) is 170 Å². The summed E-state index contributed by atoms with van der Waals surface area (Å²) in [6.07, 6.45) is 0. The summed E-state index contributed by atoms with van der Waals surface area (Å²) in [5.41, 5.74) is 0.237. The highest BCUT2D eigenvalue weighted by Crippen LogP contribution is 2.42. The van der Waals surface area contributed by atoms with Crippen molar-refractivity contribution in [2.45, 2.75) is 0 Å². The zero-order valence-electron chi connectivity index (χ0n) is 39.8. The molecule has 0 aliphatic rings. The minimum atomic E-state index is -0.587. The molecular weight excluding hydrogens is 629 g/mol. The Morgan fingerprint density at radius 1 is 0.460 bits per heavy atom. The van der Waals surface area contributed by atoms with E-state index in [1.807, 2.05) is 12.1 Å². The zero-order valence-corrected chi connectivity index (χ0v) is 26.6. The van der Waals surface area contributed by atoms with E-state index in [1.165, 1.54) is 16.7 Å². The van der Waals surface area contributed by atoms with Crippen molar-refractivity contribution in [2.24, 2.45) is 0 Å². The number of hydrogen-bond donors (Lipinski definition) is 0. The van der Waals surface area contributed by atoms with E-state index in [1.54, 1.807) is 48.5 Å². The Kier molecular flexibility index (Phi) is 4.14. The summed E-state index contributed by atoms with van der Waals surface area (Å²) in [5, 5.41) is -0.0396. The van der Waals surface area contributed by atoms with Gasteiger partial charge in [-0.3, -0.25) is 0 Å². The third kappa shape index (κ3) is 4.63. The van der Waals surface area contributed by atoms with Gasteiger partial charge in [0.05, 0.1) is 35.9 Å². The molecule has 10 rings (SSSR count). The largest absolute Gasteiger partial charge is 0.309 e. The Morgan fingerprint density at radius 2 is 1.04 bits per heavy atom. The summed E-state index contributed by atoms with van der Waals surface area (Å²) < 4.78 is 129. The lowest BCUT2D eigenvalue weighted by atomic mass is 9.99. The van der Waals surface area contributed by atoms with Gasteiger partial charge in [0.1, 0.15) is 0 Å². The molecule has 0 atom stereocenters. The molecule has 7 aromatic carbocycles. The van der Waals surface area contributed by atoms with E-state index in [2.05, 4.69) is 0 Å². The van der Waals surface area contributed by atoms with Crippen molar-refractivity contribution in [3.8, 4) is 51.0 Å². The summed E-state index contributed by atoms with van der Waals surface area (Å²) in [6, 6.07) is 17.5. The van der Waals surface area contributed by atoms with E-state index in [9.17, 15) is 6.85 Å². The van der Waals surface area contributed by atoms with Crippen LogP contribution >= 0.6 is 11.3 Å². The lowest BCUT2D eigenvalue weighted by molar-refractivity contribution is 1.06. The van der Waals surface area contributed by atoms with E-state index in [4.69, 9.17) is 27.3 Å². The molecule has 0 saturated heterocycles. The minimum absolute atomic E-state index is 0.0589. The second kappa shape index (κ2) is 11.6.